The summed E-state index contributed by atoms with van der Waals surface area (Å²) < 4.78 is 10.8. The normalized spacial score (nSPS) is 15.7. The fourth-order valence-electron chi connectivity index (χ4n) is 3.23. The van der Waals surface area contributed by atoms with Crippen molar-refractivity contribution in [1.82, 2.24) is 5.32 Å². The van der Waals surface area contributed by atoms with Gasteiger partial charge >= 0.3 is 41.6 Å². The molecule has 0 saturated heterocycles. The molecule has 2 rings (SSSR count). The predicted octanol–water partition coefficient (Wildman–Crippen LogP) is 0.357. The average Bonchev–Trinajstić information content (AvgIpc) is 3.20. The maximum atomic E-state index is 12.4. The minimum absolute atomic E-state index is 0. The van der Waals surface area contributed by atoms with Crippen molar-refractivity contribution in [2.45, 2.75) is 64.7 Å². The first-order valence-corrected chi connectivity index (χ1v) is 10.3. The van der Waals surface area contributed by atoms with Gasteiger partial charge in [0, 0.05) is 16.9 Å². The van der Waals surface area contributed by atoms with Gasteiger partial charge in [-0.2, -0.15) is 0 Å². The third kappa shape index (κ3) is 8.84. The number of aliphatic carboxylic acids is 1. The van der Waals surface area contributed by atoms with E-state index in [1.54, 1.807) is 38.1 Å². The van der Waals surface area contributed by atoms with E-state index in [2.05, 4.69) is 5.32 Å². The van der Waals surface area contributed by atoms with Gasteiger partial charge in [0.25, 0.3) is 6.29 Å². The number of amides is 1. The Labute approximate surface area is 204 Å². The molecule has 1 saturated carbocycles. The van der Waals surface area contributed by atoms with E-state index in [0.29, 0.717) is 10.6 Å². The van der Waals surface area contributed by atoms with Crippen molar-refractivity contribution < 1.29 is 58.5 Å². The number of esters is 1. The Morgan fingerprint density at radius 2 is 1.73 bits per heavy atom. The first-order chi connectivity index (χ1) is 13.8. The molecule has 0 aromatic heterocycles. The molecule has 1 aliphatic carbocycles. The van der Waals surface area contributed by atoms with Crippen LogP contribution in [-0.2, 0) is 19.1 Å². The van der Waals surface area contributed by atoms with Crippen molar-refractivity contribution in [3.63, 3.8) is 0 Å². The molecule has 1 aromatic carbocycles. The van der Waals surface area contributed by atoms with Crippen LogP contribution in [0, 0.1) is 11.8 Å². The second-order valence-corrected chi connectivity index (χ2v) is 8.03. The zero-order valence-electron chi connectivity index (χ0n) is 17.7. The van der Waals surface area contributed by atoms with Crippen LogP contribution in [0.5, 0.6) is 0 Å². The molecule has 0 aliphatic heterocycles. The van der Waals surface area contributed by atoms with Crippen LogP contribution >= 0.6 is 11.6 Å². The van der Waals surface area contributed by atoms with Crippen molar-refractivity contribution in [1.29, 1.82) is 0 Å². The van der Waals surface area contributed by atoms with Crippen LogP contribution in [0.4, 0.5) is 4.79 Å². The van der Waals surface area contributed by atoms with E-state index in [9.17, 15) is 19.5 Å². The number of carbonyl (C=O) groups excluding carboxylic acids is 3. The Kier molecular flexibility index (Phi) is 11.8. The molecule has 0 radical (unpaired) electrons. The van der Waals surface area contributed by atoms with Crippen molar-refractivity contribution in [2.75, 3.05) is 0 Å². The standard InChI is InChI=1S/C21H28ClNO6.Na/c1-13(2)20(28-19(26)15-5-3-4-6-15)29-21(27)23-17(11-12-18(24)25)14-7-9-16(22)10-8-14;/h7-10,13,15,17,20H,3-6,11-12H2,1-2H3,(H,23,27)(H,24,25);/q;+1/p-1. The third-order valence-corrected chi connectivity index (χ3v) is 5.14. The number of nitrogens with one attached hydrogen (secondary N) is 1. The number of halogens is 1. The first-order valence-electron chi connectivity index (χ1n) is 9.89. The maximum Gasteiger partial charge on any atom is 1.00 e. The Hall–Kier alpha value is -1.28. The summed E-state index contributed by atoms with van der Waals surface area (Å²) in [6, 6.07) is 6.08. The summed E-state index contributed by atoms with van der Waals surface area (Å²) in [5.41, 5.74) is 0.677. The Balaban J connectivity index is 0.00000450. The second kappa shape index (κ2) is 13.2. The van der Waals surface area contributed by atoms with Gasteiger partial charge in [0.1, 0.15) is 0 Å². The van der Waals surface area contributed by atoms with Crippen molar-refractivity contribution in [3.8, 4) is 0 Å². The number of benzene rings is 1. The molecule has 1 aliphatic rings. The number of carboxylic acids is 1. The predicted molar refractivity (Wildman–Crippen MR) is 105 cm³/mol. The largest absolute Gasteiger partial charge is 1.00 e. The van der Waals surface area contributed by atoms with E-state index >= 15 is 0 Å². The number of alkyl carbamates (subject to hydrolysis) is 1. The van der Waals surface area contributed by atoms with Gasteiger partial charge < -0.3 is 24.7 Å². The molecule has 7 nitrogen and oxygen atoms in total. The van der Waals surface area contributed by atoms with Gasteiger partial charge in [-0.25, -0.2) is 4.79 Å². The van der Waals surface area contributed by atoms with Gasteiger partial charge in [-0.3, -0.25) is 4.79 Å². The summed E-state index contributed by atoms with van der Waals surface area (Å²) in [6.45, 7) is 3.57. The fraction of sp³-hybridized carbons (Fsp3) is 0.571. The van der Waals surface area contributed by atoms with Gasteiger partial charge in [0.05, 0.1) is 12.0 Å². The van der Waals surface area contributed by atoms with Crippen molar-refractivity contribution >= 4 is 29.6 Å². The number of rotatable bonds is 9. The molecule has 9 heteroatoms. The number of hydrogen-bond acceptors (Lipinski definition) is 6. The monoisotopic (exact) mass is 447 g/mol. The van der Waals surface area contributed by atoms with E-state index in [1.807, 2.05) is 0 Å². The minimum atomic E-state index is -1.22. The molecule has 1 N–H and O–H groups in total. The van der Waals surface area contributed by atoms with Crippen LogP contribution in [0.3, 0.4) is 0 Å². The molecule has 1 amide bonds. The van der Waals surface area contributed by atoms with Crippen LogP contribution in [0.2, 0.25) is 5.02 Å². The van der Waals surface area contributed by atoms with E-state index < -0.39 is 24.4 Å². The Morgan fingerprint density at radius 1 is 1.13 bits per heavy atom. The molecule has 0 spiro atoms. The quantitative estimate of drug-likeness (QED) is 0.333. The smallest absolute Gasteiger partial charge is 0.550 e. The van der Waals surface area contributed by atoms with Gasteiger partial charge in [0.15, 0.2) is 0 Å². The molecule has 0 bridgehead atoms. The Morgan fingerprint density at radius 3 is 2.27 bits per heavy atom. The Bertz CT molecular complexity index is 706. The van der Waals surface area contributed by atoms with Crippen LogP contribution in [-0.4, -0.2) is 24.3 Å². The van der Waals surface area contributed by atoms with Gasteiger partial charge in [-0.05, 0) is 43.4 Å². The molecule has 30 heavy (non-hydrogen) atoms. The maximum absolute atomic E-state index is 12.4. The number of carboxylic acid groups (broad SMARTS) is 1. The topological polar surface area (TPSA) is 105 Å². The molecule has 1 fully saturated rings. The summed E-state index contributed by atoms with van der Waals surface area (Å²) in [7, 11) is 0. The summed E-state index contributed by atoms with van der Waals surface area (Å²) in [6.07, 6.45) is 1.64. The molecular formula is C21H27ClNNaO6. The van der Waals surface area contributed by atoms with Crippen molar-refractivity contribution in [2.24, 2.45) is 11.8 Å². The van der Waals surface area contributed by atoms with Gasteiger partial charge in [-0.15, -0.1) is 0 Å². The molecule has 1 aromatic rings. The van der Waals surface area contributed by atoms with Crippen LogP contribution in [0.25, 0.3) is 0 Å². The van der Waals surface area contributed by atoms with E-state index in [4.69, 9.17) is 21.1 Å². The number of ether oxygens (including phenoxy) is 2. The minimum Gasteiger partial charge on any atom is -0.550 e. The first kappa shape index (κ1) is 26.8. The van der Waals surface area contributed by atoms with Crippen molar-refractivity contribution in [3.05, 3.63) is 34.9 Å². The van der Waals surface area contributed by atoms with E-state index in [-0.39, 0.29) is 60.2 Å². The molecule has 2 atom stereocenters. The zero-order valence-corrected chi connectivity index (χ0v) is 20.4. The van der Waals surface area contributed by atoms with Crippen LogP contribution in [0.1, 0.15) is 64.0 Å². The summed E-state index contributed by atoms with van der Waals surface area (Å²) in [5.74, 6) is -1.94. The molecule has 160 valence electrons. The SMILES string of the molecule is CC(C)C(OC(=O)NC(CCC(=O)[O-])c1ccc(Cl)cc1)OC(=O)C1CCCC1.[Na+]. The van der Waals surface area contributed by atoms with Crippen LogP contribution in [0.15, 0.2) is 24.3 Å². The van der Waals surface area contributed by atoms with Gasteiger partial charge in [0.2, 0.25) is 0 Å². The summed E-state index contributed by atoms with van der Waals surface area (Å²) in [5, 5.41) is 14.0. The van der Waals surface area contributed by atoms with Gasteiger partial charge in [-0.1, -0.05) is 50.4 Å². The average molecular weight is 448 g/mol. The number of carbonyl (C=O) groups is 3. The third-order valence-electron chi connectivity index (χ3n) is 4.89. The van der Waals surface area contributed by atoms with E-state index in [0.717, 1.165) is 25.7 Å². The molecular weight excluding hydrogens is 421 g/mol. The van der Waals surface area contributed by atoms with E-state index in [1.165, 1.54) is 0 Å². The summed E-state index contributed by atoms with van der Waals surface area (Å²) >= 11 is 5.89. The van der Waals surface area contributed by atoms with Crippen LogP contribution < -0.4 is 40.0 Å². The molecule has 2 unspecified atom stereocenters. The summed E-state index contributed by atoms with van der Waals surface area (Å²) in [4.78, 5) is 35.6. The zero-order chi connectivity index (χ0) is 21.4. The molecule has 0 heterocycles. The second-order valence-electron chi connectivity index (χ2n) is 7.60. The fourth-order valence-corrected chi connectivity index (χ4v) is 3.36. The number of hydrogen-bond donors (Lipinski definition) is 1.